The molecule has 0 radical (unpaired) electrons. The molecule has 1 aromatic heterocycles. The van der Waals surface area contributed by atoms with Crippen LogP contribution in [0.15, 0.2) is 25.8 Å². The summed E-state index contributed by atoms with van der Waals surface area (Å²) in [6.45, 7) is 16.1. The zero-order valence-electron chi connectivity index (χ0n) is 28.7. The standard InChI is InChI=1S/C36H41BrO11/c1-10-18-21(37)22(38)17-11-12-19-20(23(17)43-18)24(44-28(41)35-15-13-33(8,26(39)47-35)31(35,4)5)25(30(2,3)46-19)45-29(42)36-16-14-34(9,27(40)48-36)32(36,6)7/h11-12,24-25H,10,13-16H2,1-9H3/t24-,25-,33+,34+,35-,36-/m1/s1. The van der Waals surface area contributed by atoms with Gasteiger partial charge in [-0.2, -0.15) is 0 Å². The molecule has 4 bridgehead atoms. The number of benzene rings is 1. The van der Waals surface area contributed by atoms with Crippen LogP contribution < -0.4 is 10.2 Å². The molecule has 7 rings (SSSR count). The van der Waals surface area contributed by atoms with Crippen molar-refractivity contribution in [1.29, 1.82) is 0 Å². The summed E-state index contributed by atoms with van der Waals surface area (Å²) in [4.78, 5) is 68.7. The molecular formula is C36H41BrO11. The van der Waals surface area contributed by atoms with Crippen LogP contribution in [0.1, 0.15) is 105 Å². The van der Waals surface area contributed by atoms with E-state index in [-0.39, 0.29) is 45.0 Å². The second kappa shape index (κ2) is 9.63. The molecule has 4 heterocycles. The molecule has 11 nitrogen and oxygen atoms in total. The van der Waals surface area contributed by atoms with Crippen molar-refractivity contribution in [2.75, 3.05) is 0 Å². The lowest BCUT2D eigenvalue weighted by molar-refractivity contribution is -0.217. The highest BCUT2D eigenvalue weighted by molar-refractivity contribution is 9.10. The molecule has 12 heteroatoms. The van der Waals surface area contributed by atoms with E-state index in [0.29, 0.717) is 25.0 Å². The van der Waals surface area contributed by atoms with E-state index in [0.717, 1.165) is 0 Å². The van der Waals surface area contributed by atoms with Crippen molar-refractivity contribution in [2.45, 2.75) is 123 Å². The van der Waals surface area contributed by atoms with Gasteiger partial charge in [0, 0.05) is 17.3 Å². The Morgan fingerprint density at radius 2 is 1.31 bits per heavy atom. The normalized spacial score (nSPS) is 36.3. The fraction of sp³-hybridized carbons (Fsp3) is 0.639. The highest BCUT2D eigenvalue weighted by atomic mass is 79.9. The van der Waals surface area contributed by atoms with Gasteiger partial charge in [0.15, 0.2) is 12.2 Å². The Morgan fingerprint density at radius 3 is 1.77 bits per heavy atom. The average molecular weight is 730 g/mol. The van der Waals surface area contributed by atoms with Gasteiger partial charge in [0.25, 0.3) is 0 Å². The molecule has 0 amide bonds. The minimum absolute atomic E-state index is 0.113. The van der Waals surface area contributed by atoms with Crippen molar-refractivity contribution in [2.24, 2.45) is 21.7 Å². The molecule has 6 atom stereocenters. The minimum Gasteiger partial charge on any atom is -0.483 e. The Kier molecular flexibility index (Phi) is 6.64. The van der Waals surface area contributed by atoms with Crippen LogP contribution in [-0.2, 0) is 44.5 Å². The van der Waals surface area contributed by atoms with Gasteiger partial charge in [-0.25, -0.2) is 9.59 Å². The van der Waals surface area contributed by atoms with E-state index in [4.69, 9.17) is 28.1 Å². The molecule has 5 aliphatic rings. The number of carbonyl (C=O) groups is 4. The third kappa shape index (κ3) is 3.62. The van der Waals surface area contributed by atoms with Crippen molar-refractivity contribution in [3.05, 3.63) is 38.2 Å². The topological polar surface area (TPSA) is 145 Å². The lowest BCUT2D eigenvalue weighted by Gasteiger charge is -2.45. The molecule has 1 aromatic carbocycles. The van der Waals surface area contributed by atoms with Crippen LogP contribution in [-0.4, -0.2) is 46.8 Å². The summed E-state index contributed by atoms with van der Waals surface area (Å²) in [7, 11) is 0. The van der Waals surface area contributed by atoms with Gasteiger partial charge in [0.05, 0.1) is 21.8 Å². The van der Waals surface area contributed by atoms with Crippen molar-refractivity contribution in [3.8, 4) is 5.75 Å². The number of aryl methyl sites for hydroxylation is 1. The van der Waals surface area contributed by atoms with Crippen LogP contribution in [0.25, 0.3) is 11.0 Å². The molecule has 2 aliphatic carbocycles. The maximum absolute atomic E-state index is 14.5. The van der Waals surface area contributed by atoms with Gasteiger partial charge >= 0.3 is 23.9 Å². The third-order valence-corrected chi connectivity index (χ3v) is 14.1. The van der Waals surface area contributed by atoms with Gasteiger partial charge < -0.3 is 28.1 Å². The van der Waals surface area contributed by atoms with Crippen molar-refractivity contribution < 1.29 is 47.3 Å². The lowest BCUT2D eigenvalue weighted by Crippen LogP contribution is -2.57. The number of hydrogen-bond donors (Lipinski definition) is 0. The zero-order chi connectivity index (χ0) is 35.2. The first-order valence-electron chi connectivity index (χ1n) is 16.5. The summed E-state index contributed by atoms with van der Waals surface area (Å²) in [5.41, 5.74) is -8.13. The predicted molar refractivity (Wildman–Crippen MR) is 173 cm³/mol. The number of carbonyl (C=O) groups excluding carboxylic acids is 4. The Balaban J connectivity index is 1.39. The number of ether oxygens (including phenoxy) is 5. The van der Waals surface area contributed by atoms with Crippen LogP contribution in [0.2, 0.25) is 0 Å². The van der Waals surface area contributed by atoms with Gasteiger partial charge in [-0.05, 0) is 81.4 Å². The average Bonchev–Trinajstić information content (AvgIpc) is 3.47. The van der Waals surface area contributed by atoms with Crippen LogP contribution in [0.3, 0.4) is 0 Å². The fourth-order valence-electron chi connectivity index (χ4n) is 8.88. The number of esters is 4. The molecule has 0 unspecified atom stereocenters. The van der Waals surface area contributed by atoms with Gasteiger partial charge in [0.1, 0.15) is 27.2 Å². The molecule has 2 aromatic rings. The van der Waals surface area contributed by atoms with Crippen LogP contribution in [0.4, 0.5) is 0 Å². The predicted octanol–water partition coefficient (Wildman–Crippen LogP) is 6.03. The maximum Gasteiger partial charge on any atom is 0.351 e. The number of halogens is 1. The Morgan fingerprint density at radius 1 is 0.792 bits per heavy atom. The van der Waals surface area contributed by atoms with E-state index in [1.807, 2.05) is 34.6 Å². The van der Waals surface area contributed by atoms with Gasteiger partial charge in [-0.15, -0.1) is 0 Å². The Bertz CT molecular complexity index is 1910. The monoisotopic (exact) mass is 728 g/mol. The summed E-state index contributed by atoms with van der Waals surface area (Å²) in [6.07, 6.45) is -0.951. The Labute approximate surface area is 286 Å². The molecule has 0 N–H and O–H groups in total. The van der Waals surface area contributed by atoms with Gasteiger partial charge in [-0.3, -0.25) is 14.4 Å². The van der Waals surface area contributed by atoms with Crippen molar-refractivity contribution in [1.82, 2.24) is 0 Å². The van der Waals surface area contributed by atoms with Crippen LogP contribution >= 0.6 is 15.9 Å². The molecule has 2 saturated heterocycles. The second-order valence-corrected chi connectivity index (χ2v) is 16.9. The summed E-state index contributed by atoms with van der Waals surface area (Å²) in [5.74, 6) is -1.91. The fourth-order valence-corrected chi connectivity index (χ4v) is 9.45. The van der Waals surface area contributed by atoms with E-state index >= 15 is 0 Å². The highest BCUT2D eigenvalue weighted by Crippen LogP contribution is 2.67. The summed E-state index contributed by atoms with van der Waals surface area (Å²) in [6, 6.07) is 3.17. The summed E-state index contributed by atoms with van der Waals surface area (Å²) >= 11 is 3.36. The molecule has 48 heavy (non-hydrogen) atoms. The highest BCUT2D eigenvalue weighted by Gasteiger charge is 2.78. The summed E-state index contributed by atoms with van der Waals surface area (Å²) < 4.78 is 37.5. The molecule has 4 fully saturated rings. The first kappa shape index (κ1) is 33.1. The van der Waals surface area contributed by atoms with E-state index in [1.165, 1.54) is 0 Å². The smallest absolute Gasteiger partial charge is 0.351 e. The van der Waals surface area contributed by atoms with E-state index in [1.54, 1.807) is 39.8 Å². The second-order valence-electron chi connectivity index (χ2n) is 16.1. The lowest BCUT2D eigenvalue weighted by atomic mass is 9.66. The molecule has 2 saturated carbocycles. The van der Waals surface area contributed by atoms with E-state index in [2.05, 4.69) is 15.9 Å². The number of rotatable bonds is 5. The zero-order valence-corrected chi connectivity index (χ0v) is 30.3. The van der Waals surface area contributed by atoms with Gasteiger partial charge in [0.2, 0.25) is 16.6 Å². The first-order valence-corrected chi connectivity index (χ1v) is 17.3. The summed E-state index contributed by atoms with van der Waals surface area (Å²) in [5, 5.41) is 0.197. The first-order chi connectivity index (χ1) is 22.2. The molecule has 3 aliphatic heterocycles. The van der Waals surface area contributed by atoms with Crippen molar-refractivity contribution in [3.63, 3.8) is 0 Å². The SMILES string of the molecule is CCc1oc2c3c(ccc2c(=O)c1Br)OC(C)(C)[C@H](OC(=O)[C@@]12CC[C@@](C)(C(=O)O1)C2(C)C)[C@@H]3OC(=O)[C@@]12CC[C@@](C)(C(=O)O1)C2(C)C. The molecular weight excluding hydrogens is 688 g/mol. The van der Waals surface area contributed by atoms with E-state index < -0.39 is 74.5 Å². The Hall–Kier alpha value is -3.41. The van der Waals surface area contributed by atoms with Gasteiger partial charge in [-0.1, -0.05) is 34.6 Å². The largest absolute Gasteiger partial charge is 0.483 e. The van der Waals surface area contributed by atoms with Crippen LogP contribution in [0, 0.1) is 21.7 Å². The van der Waals surface area contributed by atoms with Crippen molar-refractivity contribution >= 4 is 50.8 Å². The van der Waals surface area contributed by atoms with E-state index in [9.17, 15) is 24.0 Å². The molecule has 0 spiro atoms. The number of hydrogen-bond acceptors (Lipinski definition) is 11. The minimum atomic E-state index is -1.60. The molecule has 258 valence electrons. The maximum atomic E-state index is 14.5. The number of fused-ring (bicyclic) bond motifs is 7. The third-order valence-electron chi connectivity index (χ3n) is 13.3. The quantitative estimate of drug-likeness (QED) is 0.263. The van der Waals surface area contributed by atoms with Crippen LogP contribution in [0.5, 0.6) is 5.75 Å².